The van der Waals surface area contributed by atoms with Crippen molar-refractivity contribution in [1.82, 2.24) is 25.1 Å². The molecule has 3 aromatic rings. The van der Waals surface area contributed by atoms with Crippen LogP contribution in [-0.2, 0) is 0 Å². The molecule has 2 aromatic carbocycles. The minimum atomic E-state index is -0.169. The van der Waals surface area contributed by atoms with Crippen molar-refractivity contribution >= 4 is 5.91 Å². The number of rotatable bonds is 5. The molecule has 4 rings (SSSR count). The zero-order valence-corrected chi connectivity index (χ0v) is 16.7. The molecular weight excluding hydrogens is 366 g/mol. The standard InChI is InChI=1S/C22H25N5O2/c1-25-12-14-26(15-13-25)24-22(28)19-16-27(17-8-4-3-5-9-17)23-21(19)18-10-6-7-11-20(18)29-2/h3-11,16H,12-15H2,1-2H3,(H,24,28). The Bertz CT molecular complexity index is 978. The van der Waals surface area contributed by atoms with E-state index in [1.54, 1.807) is 18.0 Å². The third kappa shape index (κ3) is 4.16. The van der Waals surface area contributed by atoms with E-state index in [0.717, 1.165) is 37.4 Å². The van der Waals surface area contributed by atoms with E-state index in [1.165, 1.54) is 0 Å². The van der Waals surface area contributed by atoms with Gasteiger partial charge < -0.3 is 9.64 Å². The first-order chi connectivity index (χ1) is 14.2. The summed E-state index contributed by atoms with van der Waals surface area (Å²) in [7, 11) is 3.71. The SMILES string of the molecule is COc1ccccc1-c1nn(-c2ccccc2)cc1C(=O)NN1CCN(C)CC1. The lowest BCUT2D eigenvalue weighted by Crippen LogP contribution is -2.52. The van der Waals surface area contributed by atoms with Crippen LogP contribution in [0.25, 0.3) is 16.9 Å². The fraction of sp³-hybridized carbons (Fsp3) is 0.273. The minimum Gasteiger partial charge on any atom is -0.496 e. The molecule has 0 radical (unpaired) electrons. The zero-order valence-electron chi connectivity index (χ0n) is 16.7. The average Bonchev–Trinajstić information content (AvgIpc) is 3.21. The van der Waals surface area contributed by atoms with Gasteiger partial charge in [-0.1, -0.05) is 30.3 Å². The molecule has 1 aromatic heterocycles. The molecule has 7 nitrogen and oxygen atoms in total. The van der Waals surface area contributed by atoms with Crippen LogP contribution >= 0.6 is 0 Å². The molecule has 1 saturated heterocycles. The van der Waals surface area contributed by atoms with Crippen molar-refractivity contribution in [3.8, 4) is 22.7 Å². The Labute approximate surface area is 170 Å². The maximum atomic E-state index is 13.2. The number of aromatic nitrogens is 2. The van der Waals surface area contributed by atoms with Crippen LogP contribution in [0, 0.1) is 0 Å². The number of ether oxygens (including phenoxy) is 1. The summed E-state index contributed by atoms with van der Waals surface area (Å²) in [5, 5.41) is 6.70. The zero-order chi connectivity index (χ0) is 20.2. The second kappa shape index (κ2) is 8.46. The molecule has 0 unspecified atom stereocenters. The average molecular weight is 391 g/mol. The van der Waals surface area contributed by atoms with Gasteiger partial charge in [0.15, 0.2) is 0 Å². The number of amides is 1. The quantitative estimate of drug-likeness (QED) is 0.724. The summed E-state index contributed by atoms with van der Waals surface area (Å²) in [5.41, 5.74) is 5.82. The lowest BCUT2D eigenvalue weighted by molar-refractivity contribution is 0.0663. The molecule has 0 bridgehead atoms. The van der Waals surface area contributed by atoms with Crippen molar-refractivity contribution in [2.24, 2.45) is 0 Å². The Balaban J connectivity index is 1.71. The van der Waals surface area contributed by atoms with E-state index < -0.39 is 0 Å². The predicted molar refractivity (Wildman–Crippen MR) is 112 cm³/mol. The van der Waals surface area contributed by atoms with Gasteiger partial charge in [0.2, 0.25) is 0 Å². The number of hydrogen-bond donors (Lipinski definition) is 1. The number of hydrazine groups is 1. The van der Waals surface area contributed by atoms with Crippen LogP contribution < -0.4 is 10.2 Å². The predicted octanol–water partition coefficient (Wildman–Crippen LogP) is 2.44. The number of carbonyl (C=O) groups is 1. The molecule has 7 heteroatoms. The first-order valence-electron chi connectivity index (χ1n) is 9.68. The van der Waals surface area contributed by atoms with Gasteiger partial charge in [-0.15, -0.1) is 0 Å². The van der Waals surface area contributed by atoms with Gasteiger partial charge in [-0.2, -0.15) is 5.10 Å². The van der Waals surface area contributed by atoms with Gasteiger partial charge in [0.1, 0.15) is 11.4 Å². The van der Waals surface area contributed by atoms with Crippen LogP contribution in [0.3, 0.4) is 0 Å². The number of nitrogens with zero attached hydrogens (tertiary/aromatic N) is 4. The van der Waals surface area contributed by atoms with Crippen LogP contribution in [-0.4, -0.2) is 65.9 Å². The number of piperazine rings is 1. The molecule has 29 heavy (non-hydrogen) atoms. The van der Waals surface area contributed by atoms with E-state index in [4.69, 9.17) is 9.84 Å². The Morgan fingerprint density at radius 1 is 1.00 bits per heavy atom. The molecule has 1 fully saturated rings. The van der Waals surface area contributed by atoms with Crippen LogP contribution in [0.1, 0.15) is 10.4 Å². The number of methoxy groups -OCH3 is 1. The molecule has 1 aliphatic rings. The van der Waals surface area contributed by atoms with Crippen molar-refractivity contribution in [2.75, 3.05) is 40.3 Å². The number of nitrogens with one attached hydrogen (secondary N) is 1. The molecule has 0 spiro atoms. The first kappa shape index (κ1) is 19.2. The highest BCUT2D eigenvalue weighted by molar-refractivity contribution is 6.00. The fourth-order valence-electron chi connectivity index (χ4n) is 3.41. The van der Waals surface area contributed by atoms with Crippen LogP contribution in [0.15, 0.2) is 60.8 Å². The van der Waals surface area contributed by atoms with Gasteiger partial charge in [0.25, 0.3) is 5.91 Å². The Kier molecular flexibility index (Phi) is 5.59. The van der Waals surface area contributed by atoms with Crippen molar-refractivity contribution in [1.29, 1.82) is 0 Å². The molecule has 0 aliphatic carbocycles. The number of hydrogen-bond acceptors (Lipinski definition) is 5. The summed E-state index contributed by atoms with van der Waals surface area (Å²) in [6.07, 6.45) is 1.78. The Morgan fingerprint density at radius 2 is 1.69 bits per heavy atom. The summed E-state index contributed by atoms with van der Waals surface area (Å²) in [6, 6.07) is 17.4. The topological polar surface area (TPSA) is 62.6 Å². The highest BCUT2D eigenvalue weighted by Gasteiger charge is 2.23. The highest BCUT2D eigenvalue weighted by Crippen LogP contribution is 2.31. The van der Waals surface area contributed by atoms with Crippen LogP contribution in [0.2, 0.25) is 0 Å². The van der Waals surface area contributed by atoms with E-state index >= 15 is 0 Å². The molecule has 1 amide bonds. The third-order valence-corrected chi connectivity index (χ3v) is 5.10. The van der Waals surface area contributed by atoms with E-state index in [1.807, 2.05) is 59.6 Å². The summed E-state index contributed by atoms with van der Waals surface area (Å²) in [5.74, 6) is 0.511. The molecule has 2 heterocycles. The van der Waals surface area contributed by atoms with Gasteiger partial charge >= 0.3 is 0 Å². The molecule has 0 atom stereocenters. The number of likely N-dealkylation sites (N-methyl/N-ethyl adjacent to an activating group) is 1. The second-order valence-electron chi connectivity index (χ2n) is 7.10. The van der Waals surface area contributed by atoms with E-state index in [-0.39, 0.29) is 5.91 Å². The smallest absolute Gasteiger partial charge is 0.269 e. The summed E-state index contributed by atoms with van der Waals surface area (Å²) in [6.45, 7) is 3.42. The van der Waals surface area contributed by atoms with E-state index in [0.29, 0.717) is 17.0 Å². The van der Waals surface area contributed by atoms with Gasteiger partial charge in [-0.25, -0.2) is 9.69 Å². The summed E-state index contributed by atoms with van der Waals surface area (Å²) in [4.78, 5) is 15.4. The second-order valence-corrected chi connectivity index (χ2v) is 7.10. The highest BCUT2D eigenvalue weighted by atomic mass is 16.5. The van der Waals surface area contributed by atoms with Crippen LogP contribution in [0.5, 0.6) is 5.75 Å². The number of para-hydroxylation sites is 2. The van der Waals surface area contributed by atoms with E-state index in [2.05, 4.69) is 17.4 Å². The maximum absolute atomic E-state index is 13.2. The van der Waals surface area contributed by atoms with E-state index in [9.17, 15) is 4.79 Å². The lowest BCUT2D eigenvalue weighted by Gasteiger charge is -2.32. The molecule has 1 aliphatic heterocycles. The largest absolute Gasteiger partial charge is 0.496 e. The lowest BCUT2D eigenvalue weighted by atomic mass is 10.1. The third-order valence-electron chi connectivity index (χ3n) is 5.10. The van der Waals surface area contributed by atoms with Gasteiger partial charge in [-0.05, 0) is 31.3 Å². The normalized spacial score (nSPS) is 15.2. The van der Waals surface area contributed by atoms with Crippen molar-refractivity contribution < 1.29 is 9.53 Å². The first-order valence-corrected chi connectivity index (χ1v) is 9.68. The molecule has 0 saturated carbocycles. The fourth-order valence-corrected chi connectivity index (χ4v) is 3.41. The summed E-state index contributed by atoms with van der Waals surface area (Å²) >= 11 is 0. The van der Waals surface area contributed by atoms with Gasteiger partial charge in [0.05, 0.1) is 18.4 Å². The van der Waals surface area contributed by atoms with Gasteiger partial charge in [-0.3, -0.25) is 10.2 Å². The number of benzene rings is 2. The Hall–Kier alpha value is -3.16. The minimum absolute atomic E-state index is 0.169. The van der Waals surface area contributed by atoms with Crippen molar-refractivity contribution in [3.63, 3.8) is 0 Å². The van der Waals surface area contributed by atoms with Crippen LogP contribution in [0.4, 0.5) is 0 Å². The molecule has 150 valence electrons. The maximum Gasteiger partial charge on any atom is 0.269 e. The van der Waals surface area contributed by atoms with Gasteiger partial charge in [0, 0.05) is 37.9 Å². The van der Waals surface area contributed by atoms with Crippen molar-refractivity contribution in [3.05, 3.63) is 66.4 Å². The monoisotopic (exact) mass is 391 g/mol. The Morgan fingerprint density at radius 3 is 2.41 bits per heavy atom. The molecular formula is C22H25N5O2. The number of carbonyl (C=O) groups excluding carboxylic acids is 1. The van der Waals surface area contributed by atoms with Crippen molar-refractivity contribution in [2.45, 2.75) is 0 Å². The molecule has 1 N–H and O–H groups in total. The summed E-state index contributed by atoms with van der Waals surface area (Å²) < 4.78 is 7.25.